The Morgan fingerprint density at radius 3 is 2.04 bits per heavy atom. The van der Waals surface area contributed by atoms with Crippen molar-refractivity contribution >= 4 is 5.91 Å². The lowest BCUT2D eigenvalue weighted by Gasteiger charge is -2.31. The summed E-state index contributed by atoms with van der Waals surface area (Å²) < 4.78 is 45.5. The summed E-state index contributed by atoms with van der Waals surface area (Å²) in [7, 11) is 0. The predicted octanol–water partition coefficient (Wildman–Crippen LogP) is 3.93. The van der Waals surface area contributed by atoms with E-state index >= 15 is 0 Å². The number of hydrogen-bond donors (Lipinski definition) is 2. The molecule has 0 aliphatic rings. The molecular weight excluding hydrogens is 371 g/mol. The maximum absolute atomic E-state index is 13.4. The van der Waals surface area contributed by atoms with E-state index in [-0.39, 0.29) is 11.0 Å². The summed E-state index contributed by atoms with van der Waals surface area (Å²) in [4.78, 5) is 11.9. The van der Waals surface area contributed by atoms with Crippen molar-refractivity contribution in [2.24, 2.45) is 0 Å². The van der Waals surface area contributed by atoms with Gasteiger partial charge in [-0.05, 0) is 28.7 Å². The number of benzene rings is 2. The molecule has 1 atom stereocenters. The van der Waals surface area contributed by atoms with E-state index in [2.05, 4.69) is 26.1 Å². The summed E-state index contributed by atoms with van der Waals surface area (Å²) in [5.74, 6) is -0.337. The van der Waals surface area contributed by atoms with Crippen LogP contribution in [0.3, 0.4) is 0 Å². The first-order valence-electron chi connectivity index (χ1n) is 8.78. The molecule has 0 saturated carbocycles. The largest absolute Gasteiger partial charge is 0.484 e. The van der Waals surface area contributed by atoms with Gasteiger partial charge in [0.1, 0.15) is 5.75 Å². The van der Waals surface area contributed by atoms with Gasteiger partial charge in [-0.2, -0.15) is 13.2 Å². The number of rotatable bonds is 6. The zero-order valence-corrected chi connectivity index (χ0v) is 16.0. The lowest BCUT2D eigenvalue weighted by molar-refractivity contribution is -0.264. The van der Waals surface area contributed by atoms with Gasteiger partial charge in [0.25, 0.3) is 5.91 Å². The third kappa shape index (κ3) is 5.25. The Bertz CT molecular complexity index is 783. The smallest absolute Gasteiger partial charge is 0.423 e. The van der Waals surface area contributed by atoms with Crippen LogP contribution in [0, 0.1) is 0 Å². The number of amides is 1. The van der Waals surface area contributed by atoms with Crippen molar-refractivity contribution in [1.29, 1.82) is 0 Å². The van der Waals surface area contributed by atoms with Crippen LogP contribution in [0.4, 0.5) is 13.2 Å². The topological polar surface area (TPSA) is 58.6 Å². The molecule has 2 aromatic carbocycles. The molecule has 0 saturated heterocycles. The van der Waals surface area contributed by atoms with E-state index in [9.17, 15) is 23.1 Å². The van der Waals surface area contributed by atoms with E-state index < -0.39 is 30.8 Å². The Labute approximate surface area is 162 Å². The quantitative estimate of drug-likeness (QED) is 0.779. The van der Waals surface area contributed by atoms with Crippen LogP contribution < -0.4 is 10.1 Å². The fourth-order valence-electron chi connectivity index (χ4n) is 2.56. The normalized spacial score (nSPS) is 14.2. The summed E-state index contributed by atoms with van der Waals surface area (Å²) in [6.07, 6.45) is -4.95. The molecule has 1 amide bonds. The molecule has 152 valence electrons. The molecule has 7 heteroatoms. The second-order valence-corrected chi connectivity index (χ2v) is 7.56. The second kappa shape index (κ2) is 8.22. The van der Waals surface area contributed by atoms with Gasteiger partial charge in [0, 0.05) is 0 Å². The molecule has 2 rings (SSSR count). The van der Waals surface area contributed by atoms with Crippen molar-refractivity contribution in [1.82, 2.24) is 5.32 Å². The Morgan fingerprint density at radius 2 is 1.54 bits per heavy atom. The van der Waals surface area contributed by atoms with Crippen molar-refractivity contribution < 1.29 is 27.8 Å². The number of alkyl halides is 3. The highest BCUT2D eigenvalue weighted by atomic mass is 19.4. The van der Waals surface area contributed by atoms with Crippen LogP contribution >= 0.6 is 0 Å². The number of nitrogens with one attached hydrogen (secondary N) is 1. The van der Waals surface area contributed by atoms with Crippen LogP contribution in [0.1, 0.15) is 31.9 Å². The fourth-order valence-corrected chi connectivity index (χ4v) is 2.56. The van der Waals surface area contributed by atoms with Crippen LogP contribution in [0.15, 0.2) is 54.6 Å². The first-order valence-corrected chi connectivity index (χ1v) is 8.78. The Morgan fingerprint density at radius 1 is 0.964 bits per heavy atom. The number of carbonyl (C=O) groups excluding carboxylic acids is 1. The molecule has 2 N–H and O–H groups in total. The SMILES string of the molecule is CC(C)(C)c1ccc(OCC(=O)NCC(O)(c2ccccc2)C(F)(F)F)cc1. The van der Waals surface area contributed by atoms with Crippen molar-refractivity contribution in [3.63, 3.8) is 0 Å². The number of aliphatic hydroxyl groups is 1. The van der Waals surface area contributed by atoms with Crippen LogP contribution in [0.25, 0.3) is 0 Å². The second-order valence-electron chi connectivity index (χ2n) is 7.56. The van der Waals surface area contributed by atoms with Gasteiger partial charge in [-0.15, -0.1) is 0 Å². The average Bonchev–Trinajstić information content (AvgIpc) is 2.63. The molecule has 28 heavy (non-hydrogen) atoms. The van der Waals surface area contributed by atoms with Gasteiger partial charge in [-0.3, -0.25) is 4.79 Å². The summed E-state index contributed by atoms with van der Waals surface area (Å²) in [5.41, 5.74) is -2.47. The number of ether oxygens (including phenoxy) is 1. The highest BCUT2D eigenvalue weighted by molar-refractivity contribution is 5.77. The molecule has 0 aliphatic heterocycles. The molecule has 0 radical (unpaired) electrons. The number of hydrogen-bond acceptors (Lipinski definition) is 3. The lowest BCUT2D eigenvalue weighted by Crippen LogP contribution is -2.51. The van der Waals surface area contributed by atoms with Crippen molar-refractivity contribution in [2.75, 3.05) is 13.2 Å². The molecule has 4 nitrogen and oxygen atoms in total. The van der Waals surface area contributed by atoms with Crippen molar-refractivity contribution in [2.45, 2.75) is 38.0 Å². The first-order chi connectivity index (χ1) is 12.9. The standard InChI is InChI=1S/C21H24F3NO3/c1-19(2,3)15-9-11-17(12-10-15)28-13-18(26)25-14-20(27,21(22,23)24)16-7-5-4-6-8-16/h4-12,27H,13-14H2,1-3H3,(H,25,26). The van der Waals surface area contributed by atoms with E-state index in [1.54, 1.807) is 12.1 Å². The van der Waals surface area contributed by atoms with Crippen LogP contribution in [-0.2, 0) is 15.8 Å². The molecule has 0 aliphatic carbocycles. The van der Waals surface area contributed by atoms with Gasteiger partial charge >= 0.3 is 6.18 Å². The Balaban J connectivity index is 1.97. The van der Waals surface area contributed by atoms with E-state index in [0.29, 0.717) is 5.75 Å². The van der Waals surface area contributed by atoms with Gasteiger partial charge in [-0.25, -0.2) is 0 Å². The highest BCUT2D eigenvalue weighted by Crippen LogP contribution is 2.38. The molecular formula is C21H24F3NO3. The molecule has 1 unspecified atom stereocenters. The summed E-state index contributed by atoms with van der Waals surface area (Å²) >= 11 is 0. The molecule has 0 aromatic heterocycles. The van der Waals surface area contributed by atoms with Gasteiger partial charge < -0.3 is 15.2 Å². The fraction of sp³-hybridized carbons (Fsp3) is 0.381. The van der Waals surface area contributed by atoms with Crippen molar-refractivity contribution in [3.8, 4) is 5.75 Å². The third-order valence-electron chi connectivity index (χ3n) is 4.35. The third-order valence-corrected chi connectivity index (χ3v) is 4.35. The minimum absolute atomic E-state index is 0.0323. The summed E-state index contributed by atoms with van der Waals surface area (Å²) in [6, 6.07) is 13.8. The number of carbonyl (C=O) groups is 1. The minimum Gasteiger partial charge on any atom is -0.484 e. The van der Waals surface area contributed by atoms with Crippen LogP contribution in [0.2, 0.25) is 0 Å². The molecule has 0 fully saturated rings. The molecule has 0 heterocycles. The summed E-state index contributed by atoms with van der Waals surface area (Å²) in [6.45, 7) is 4.71. The van der Waals surface area contributed by atoms with Crippen molar-refractivity contribution in [3.05, 3.63) is 65.7 Å². The lowest BCUT2D eigenvalue weighted by atomic mass is 9.87. The first kappa shape index (κ1) is 21.8. The molecule has 2 aromatic rings. The average molecular weight is 395 g/mol. The Kier molecular flexibility index (Phi) is 6.39. The monoisotopic (exact) mass is 395 g/mol. The van der Waals surface area contributed by atoms with Gasteiger partial charge in [-0.1, -0.05) is 63.2 Å². The van der Waals surface area contributed by atoms with Crippen LogP contribution in [-0.4, -0.2) is 30.3 Å². The molecule has 0 bridgehead atoms. The van der Waals surface area contributed by atoms with Gasteiger partial charge in [0.05, 0.1) is 6.54 Å². The zero-order valence-electron chi connectivity index (χ0n) is 16.0. The van der Waals surface area contributed by atoms with E-state index in [4.69, 9.17) is 4.74 Å². The maximum Gasteiger partial charge on any atom is 0.423 e. The van der Waals surface area contributed by atoms with E-state index in [0.717, 1.165) is 17.7 Å². The Hall–Kier alpha value is -2.54. The maximum atomic E-state index is 13.4. The van der Waals surface area contributed by atoms with Gasteiger partial charge in [0.15, 0.2) is 6.61 Å². The van der Waals surface area contributed by atoms with Gasteiger partial charge in [0.2, 0.25) is 5.60 Å². The van der Waals surface area contributed by atoms with E-state index in [1.807, 2.05) is 12.1 Å². The predicted molar refractivity (Wildman–Crippen MR) is 100 cm³/mol. The zero-order chi connectivity index (χ0) is 21.0. The van der Waals surface area contributed by atoms with Crippen LogP contribution in [0.5, 0.6) is 5.75 Å². The summed E-state index contributed by atoms with van der Waals surface area (Å²) in [5, 5.41) is 12.3. The number of halogens is 3. The minimum atomic E-state index is -4.95. The van der Waals surface area contributed by atoms with E-state index in [1.165, 1.54) is 18.2 Å². The molecule has 0 spiro atoms. The highest BCUT2D eigenvalue weighted by Gasteiger charge is 2.55.